The Bertz CT molecular complexity index is 949. The lowest BCUT2D eigenvalue weighted by molar-refractivity contribution is -0.115. The standard InChI is InChI=1S/C20H24N4O2S/c1-13-6-7-18-16(9-13)17(23-26-18)10-19(25)22-20-21-11-15(27-20)12-24-8-4-3-5-14(24)2/h6-7,9,11,14H,3-5,8,10,12H2,1-2H3,(H,21,22,25). The molecule has 27 heavy (non-hydrogen) atoms. The summed E-state index contributed by atoms with van der Waals surface area (Å²) >= 11 is 1.55. The van der Waals surface area contributed by atoms with Gasteiger partial charge in [0.05, 0.1) is 6.42 Å². The van der Waals surface area contributed by atoms with Crippen molar-refractivity contribution in [1.29, 1.82) is 0 Å². The molecule has 2 aromatic heterocycles. The molecular weight excluding hydrogens is 360 g/mol. The van der Waals surface area contributed by atoms with Crippen LogP contribution in [0.25, 0.3) is 11.0 Å². The summed E-state index contributed by atoms with van der Waals surface area (Å²) in [6.45, 7) is 6.34. The number of likely N-dealkylation sites (tertiary alicyclic amines) is 1. The van der Waals surface area contributed by atoms with Crippen molar-refractivity contribution < 1.29 is 9.32 Å². The first-order valence-electron chi connectivity index (χ1n) is 9.42. The summed E-state index contributed by atoms with van der Waals surface area (Å²) in [7, 11) is 0. The molecule has 3 heterocycles. The van der Waals surface area contributed by atoms with E-state index in [1.54, 1.807) is 11.3 Å². The minimum atomic E-state index is -0.126. The second-order valence-electron chi connectivity index (χ2n) is 7.30. The van der Waals surface area contributed by atoms with Gasteiger partial charge in [-0.3, -0.25) is 9.69 Å². The van der Waals surface area contributed by atoms with E-state index in [1.807, 2.05) is 31.3 Å². The van der Waals surface area contributed by atoms with Gasteiger partial charge in [0, 0.05) is 29.0 Å². The van der Waals surface area contributed by atoms with E-state index in [0.717, 1.165) is 24.0 Å². The highest BCUT2D eigenvalue weighted by Gasteiger charge is 2.19. The summed E-state index contributed by atoms with van der Waals surface area (Å²) in [5.41, 5.74) is 2.48. The summed E-state index contributed by atoms with van der Waals surface area (Å²) in [5, 5.41) is 8.48. The van der Waals surface area contributed by atoms with Crippen molar-refractivity contribution in [1.82, 2.24) is 15.0 Å². The van der Waals surface area contributed by atoms with Crippen LogP contribution in [0.3, 0.4) is 0 Å². The predicted molar refractivity (Wildman–Crippen MR) is 107 cm³/mol. The van der Waals surface area contributed by atoms with Crippen LogP contribution in [0.1, 0.15) is 42.3 Å². The minimum absolute atomic E-state index is 0.126. The first-order valence-corrected chi connectivity index (χ1v) is 10.2. The maximum absolute atomic E-state index is 12.4. The number of rotatable bonds is 5. The van der Waals surface area contributed by atoms with Gasteiger partial charge in [-0.05, 0) is 45.4 Å². The van der Waals surface area contributed by atoms with Crippen molar-refractivity contribution in [2.24, 2.45) is 0 Å². The third-order valence-corrected chi connectivity index (χ3v) is 6.03. The Kier molecular flexibility index (Phi) is 5.22. The molecule has 0 aliphatic carbocycles. The highest BCUT2D eigenvalue weighted by Crippen LogP contribution is 2.25. The molecule has 1 aliphatic rings. The average molecular weight is 385 g/mol. The Morgan fingerprint density at radius 3 is 3.15 bits per heavy atom. The number of aromatic nitrogens is 2. The van der Waals surface area contributed by atoms with E-state index in [4.69, 9.17) is 4.52 Å². The minimum Gasteiger partial charge on any atom is -0.356 e. The maximum Gasteiger partial charge on any atom is 0.232 e. The maximum atomic E-state index is 12.4. The second-order valence-corrected chi connectivity index (χ2v) is 8.42. The normalized spacial score (nSPS) is 18.1. The number of thiazole rings is 1. The zero-order valence-electron chi connectivity index (χ0n) is 15.7. The number of anilines is 1. The van der Waals surface area contributed by atoms with Gasteiger partial charge in [0.15, 0.2) is 10.7 Å². The number of amides is 1. The van der Waals surface area contributed by atoms with Gasteiger partial charge in [-0.1, -0.05) is 23.2 Å². The molecule has 6 nitrogen and oxygen atoms in total. The molecule has 0 radical (unpaired) electrons. The SMILES string of the molecule is Cc1ccc2onc(CC(=O)Nc3ncc(CN4CCCCC4C)s3)c2c1. The van der Waals surface area contributed by atoms with Crippen molar-refractivity contribution >= 4 is 33.3 Å². The molecule has 1 fully saturated rings. The van der Waals surface area contributed by atoms with Gasteiger partial charge in [0.25, 0.3) is 0 Å². The number of piperidine rings is 1. The van der Waals surface area contributed by atoms with Crippen molar-refractivity contribution in [3.8, 4) is 0 Å². The first-order chi connectivity index (χ1) is 13.1. The fourth-order valence-corrected chi connectivity index (χ4v) is 4.43. The van der Waals surface area contributed by atoms with Crippen LogP contribution in [0.2, 0.25) is 0 Å². The van der Waals surface area contributed by atoms with Crippen LogP contribution in [0, 0.1) is 6.92 Å². The molecule has 142 valence electrons. The van der Waals surface area contributed by atoms with Crippen LogP contribution in [-0.4, -0.2) is 33.5 Å². The Labute approximate surface area is 162 Å². The van der Waals surface area contributed by atoms with Gasteiger partial charge in [-0.15, -0.1) is 11.3 Å². The van der Waals surface area contributed by atoms with Crippen LogP contribution >= 0.6 is 11.3 Å². The molecule has 1 atom stereocenters. The molecular formula is C20H24N4O2S. The van der Waals surface area contributed by atoms with Crippen molar-refractivity contribution in [2.75, 3.05) is 11.9 Å². The molecule has 1 amide bonds. The highest BCUT2D eigenvalue weighted by atomic mass is 32.1. The Morgan fingerprint density at radius 1 is 1.41 bits per heavy atom. The lowest BCUT2D eigenvalue weighted by Gasteiger charge is -2.32. The van der Waals surface area contributed by atoms with E-state index in [9.17, 15) is 4.79 Å². The fourth-order valence-electron chi connectivity index (χ4n) is 3.58. The average Bonchev–Trinajstić information content (AvgIpc) is 3.24. The van der Waals surface area contributed by atoms with Gasteiger partial charge in [-0.2, -0.15) is 0 Å². The molecule has 0 spiro atoms. The van der Waals surface area contributed by atoms with Crippen LogP contribution in [0.4, 0.5) is 5.13 Å². The molecule has 1 saturated heterocycles. The van der Waals surface area contributed by atoms with Crippen LogP contribution in [0.15, 0.2) is 28.9 Å². The summed E-state index contributed by atoms with van der Waals surface area (Å²) in [4.78, 5) is 20.5. The molecule has 7 heteroatoms. The second kappa shape index (κ2) is 7.78. The molecule has 1 unspecified atom stereocenters. The van der Waals surface area contributed by atoms with E-state index in [0.29, 0.717) is 22.5 Å². The van der Waals surface area contributed by atoms with Crippen LogP contribution < -0.4 is 5.32 Å². The highest BCUT2D eigenvalue weighted by molar-refractivity contribution is 7.15. The van der Waals surface area contributed by atoms with E-state index in [-0.39, 0.29) is 12.3 Å². The Morgan fingerprint density at radius 2 is 2.30 bits per heavy atom. The molecule has 1 N–H and O–H groups in total. The Hall–Kier alpha value is -2.25. The number of carbonyl (C=O) groups excluding carboxylic acids is 1. The number of fused-ring (bicyclic) bond motifs is 1. The number of nitrogens with one attached hydrogen (secondary N) is 1. The molecule has 1 aromatic carbocycles. The summed E-state index contributed by atoms with van der Waals surface area (Å²) in [6.07, 6.45) is 5.88. The van der Waals surface area contributed by atoms with E-state index >= 15 is 0 Å². The zero-order chi connectivity index (χ0) is 18.8. The zero-order valence-corrected chi connectivity index (χ0v) is 16.5. The van der Waals surface area contributed by atoms with Gasteiger partial charge >= 0.3 is 0 Å². The number of hydrogen-bond donors (Lipinski definition) is 1. The summed E-state index contributed by atoms with van der Waals surface area (Å²) < 4.78 is 5.31. The van der Waals surface area contributed by atoms with Crippen LogP contribution in [-0.2, 0) is 17.8 Å². The number of aryl methyl sites for hydroxylation is 1. The van der Waals surface area contributed by atoms with E-state index in [2.05, 4.69) is 27.3 Å². The Balaban J connectivity index is 1.38. The largest absolute Gasteiger partial charge is 0.356 e. The summed E-state index contributed by atoms with van der Waals surface area (Å²) in [5.74, 6) is -0.126. The van der Waals surface area contributed by atoms with Crippen LogP contribution in [0.5, 0.6) is 0 Å². The van der Waals surface area contributed by atoms with Gasteiger partial charge in [-0.25, -0.2) is 4.98 Å². The first kappa shape index (κ1) is 18.1. The summed E-state index contributed by atoms with van der Waals surface area (Å²) in [6, 6.07) is 6.46. The molecule has 4 rings (SSSR count). The molecule has 0 bridgehead atoms. The number of nitrogens with zero attached hydrogens (tertiary/aromatic N) is 3. The lowest BCUT2D eigenvalue weighted by Crippen LogP contribution is -2.36. The van der Waals surface area contributed by atoms with Crippen molar-refractivity contribution in [3.63, 3.8) is 0 Å². The number of benzene rings is 1. The number of carbonyl (C=O) groups is 1. The van der Waals surface area contributed by atoms with E-state index in [1.165, 1.54) is 24.1 Å². The van der Waals surface area contributed by atoms with Gasteiger partial charge in [0.2, 0.25) is 5.91 Å². The molecule has 0 saturated carbocycles. The molecule has 1 aliphatic heterocycles. The van der Waals surface area contributed by atoms with Gasteiger partial charge < -0.3 is 9.84 Å². The van der Waals surface area contributed by atoms with E-state index < -0.39 is 0 Å². The lowest BCUT2D eigenvalue weighted by atomic mass is 10.0. The third-order valence-electron chi connectivity index (χ3n) is 5.13. The predicted octanol–water partition coefficient (Wildman–Crippen LogP) is 4.15. The number of hydrogen-bond acceptors (Lipinski definition) is 6. The molecule has 3 aromatic rings. The van der Waals surface area contributed by atoms with Crippen molar-refractivity contribution in [3.05, 3.63) is 40.5 Å². The quantitative estimate of drug-likeness (QED) is 0.715. The fraction of sp³-hybridized carbons (Fsp3) is 0.450. The third kappa shape index (κ3) is 4.20. The topological polar surface area (TPSA) is 71.3 Å². The monoisotopic (exact) mass is 384 g/mol. The van der Waals surface area contributed by atoms with Crippen molar-refractivity contribution in [2.45, 2.75) is 52.1 Å². The van der Waals surface area contributed by atoms with Gasteiger partial charge in [0.1, 0.15) is 5.69 Å². The smallest absolute Gasteiger partial charge is 0.232 e.